The summed E-state index contributed by atoms with van der Waals surface area (Å²) in [5.74, 6) is -0.928. The fourth-order valence-corrected chi connectivity index (χ4v) is 1.54. The van der Waals surface area contributed by atoms with Crippen molar-refractivity contribution in [1.29, 1.82) is 0 Å². The van der Waals surface area contributed by atoms with E-state index in [0.717, 1.165) is 0 Å². The summed E-state index contributed by atoms with van der Waals surface area (Å²) in [6.45, 7) is 2.27. The minimum Gasteiger partial charge on any atom is -0.481 e. The number of nitrogens with zero attached hydrogens (tertiary/aromatic N) is 2. The number of nitrogens with one attached hydrogen (secondary N) is 1. The number of carbonyl (C=O) groups is 1. The lowest BCUT2D eigenvalue weighted by Crippen LogP contribution is -2.17. The molecule has 0 fully saturated rings. The van der Waals surface area contributed by atoms with E-state index in [1.54, 1.807) is 0 Å². The highest BCUT2D eigenvalue weighted by molar-refractivity contribution is 5.67. The van der Waals surface area contributed by atoms with E-state index in [4.69, 9.17) is 5.11 Å². The fraction of sp³-hybridized carbons (Fsp3) is 0.455. The summed E-state index contributed by atoms with van der Waals surface area (Å²) >= 11 is 0. The fourth-order valence-electron chi connectivity index (χ4n) is 1.54. The quantitative estimate of drug-likeness (QED) is 0.568. The highest BCUT2D eigenvalue weighted by Crippen LogP contribution is 2.22. The molecule has 0 aliphatic rings. The van der Waals surface area contributed by atoms with Gasteiger partial charge in [0.25, 0.3) is 0 Å². The Hall–Kier alpha value is -2.18. The molecule has 0 saturated carbocycles. The highest BCUT2D eigenvalue weighted by atomic mass is 16.6. The molecule has 2 N–H and O–H groups in total. The molecule has 0 amide bonds. The lowest BCUT2D eigenvalue weighted by Gasteiger charge is -2.14. The van der Waals surface area contributed by atoms with Gasteiger partial charge in [0.1, 0.15) is 11.9 Å². The number of carboxylic acid groups (broad SMARTS) is 1. The molecule has 0 aromatic carbocycles. The smallest absolute Gasteiger partial charge is 0.310 e. The number of hydrogen-bond acceptors (Lipinski definition) is 5. The van der Waals surface area contributed by atoms with E-state index < -0.39 is 10.9 Å². The SMILES string of the molecule is CCC(CNc1ccncc1[N+](=O)[O-])CC(=O)O. The van der Waals surface area contributed by atoms with Crippen molar-refractivity contribution >= 4 is 17.3 Å². The minimum atomic E-state index is -0.868. The first-order valence-electron chi connectivity index (χ1n) is 5.58. The number of nitro groups is 1. The molecule has 0 spiro atoms. The molecule has 0 aliphatic carbocycles. The summed E-state index contributed by atoms with van der Waals surface area (Å²) < 4.78 is 0. The zero-order chi connectivity index (χ0) is 13.5. The molecule has 0 aliphatic heterocycles. The van der Waals surface area contributed by atoms with Crippen LogP contribution in [0.5, 0.6) is 0 Å². The first-order valence-corrected chi connectivity index (χ1v) is 5.58. The van der Waals surface area contributed by atoms with Gasteiger partial charge in [-0.2, -0.15) is 0 Å². The molecule has 1 aromatic heterocycles. The van der Waals surface area contributed by atoms with Crippen LogP contribution in [0.25, 0.3) is 0 Å². The van der Waals surface area contributed by atoms with Crippen LogP contribution in [0, 0.1) is 16.0 Å². The van der Waals surface area contributed by atoms with Crippen molar-refractivity contribution in [3.05, 3.63) is 28.6 Å². The normalized spacial score (nSPS) is 11.8. The average Bonchev–Trinajstić information content (AvgIpc) is 2.34. The second kappa shape index (κ2) is 6.53. The van der Waals surface area contributed by atoms with Crippen LogP contribution in [-0.2, 0) is 4.79 Å². The number of anilines is 1. The van der Waals surface area contributed by atoms with Crippen molar-refractivity contribution in [2.45, 2.75) is 19.8 Å². The molecule has 1 heterocycles. The molecule has 7 heteroatoms. The van der Waals surface area contributed by atoms with Crippen molar-refractivity contribution < 1.29 is 14.8 Å². The van der Waals surface area contributed by atoms with E-state index in [2.05, 4.69) is 10.3 Å². The van der Waals surface area contributed by atoms with Crippen molar-refractivity contribution in [2.24, 2.45) is 5.92 Å². The zero-order valence-electron chi connectivity index (χ0n) is 10.00. The summed E-state index contributed by atoms with van der Waals surface area (Å²) in [4.78, 5) is 24.5. The maximum atomic E-state index is 10.7. The molecule has 0 radical (unpaired) electrons. The predicted molar refractivity (Wildman–Crippen MR) is 65.4 cm³/mol. The zero-order valence-corrected chi connectivity index (χ0v) is 10.00. The summed E-state index contributed by atoms with van der Waals surface area (Å²) in [6, 6.07) is 1.51. The topological polar surface area (TPSA) is 105 Å². The van der Waals surface area contributed by atoms with Crippen LogP contribution >= 0.6 is 0 Å². The standard InChI is InChI=1S/C11H15N3O4/c1-2-8(5-11(15)16)6-13-9-3-4-12-7-10(9)14(17)18/h3-4,7-8H,2,5-6H2,1H3,(H,12,13)(H,15,16). The third kappa shape index (κ3) is 4.00. The molecule has 1 unspecified atom stereocenters. The van der Waals surface area contributed by atoms with Crippen LogP contribution in [0.3, 0.4) is 0 Å². The van der Waals surface area contributed by atoms with Gasteiger partial charge in [0.05, 0.1) is 4.92 Å². The summed E-state index contributed by atoms with van der Waals surface area (Å²) in [5.41, 5.74) is 0.251. The molecule has 18 heavy (non-hydrogen) atoms. The molecular formula is C11H15N3O4. The summed E-state index contributed by atoms with van der Waals surface area (Å²) in [7, 11) is 0. The van der Waals surface area contributed by atoms with Gasteiger partial charge in [0, 0.05) is 19.2 Å². The molecule has 7 nitrogen and oxygen atoms in total. The van der Waals surface area contributed by atoms with Gasteiger partial charge in [-0.15, -0.1) is 0 Å². The molecule has 0 bridgehead atoms. The molecular weight excluding hydrogens is 238 g/mol. The van der Waals surface area contributed by atoms with Crippen LogP contribution in [0.1, 0.15) is 19.8 Å². The Morgan fingerprint density at radius 3 is 2.94 bits per heavy atom. The Kier molecular flexibility index (Phi) is 5.04. The minimum absolute atomic E-state index is 0.0440. The van der Waals surface area contributed by atoms with E-state index in [9.17, 15) is 14.9 Å². The van der Waals surface area contributed by atoms with Crippen LogP contribution in [-0.4, -0.2) is 27.5 Å². The van der Waals surface area contributed by atoms with Gasteiger partial charge in [0.15, 0.2) is 0 Å². The number of rotatable bonds is 7. The Morgan fingerprint density at radius 1 is 1.67 bits per heavy atom. The number of pyridine rings is 1. The van der Waals surface area contributed by atoms with Gasteiger partial charge in [0.2, 0.25) is 0 Å². The highest BCUT2D eigenvalue weighted by Gasteiger charge is 2.15. The third-order valence-electron chi connectivity index (χ3n) is 2.62. The second-order valence-electron chi connectivity index (χ2n) is 3.90. The van der Waals surface area contributed by atoms with Gasteiger partial charge < -0.3 is 10.4 Å². The lowest BCUT2D eigenvalue weighted by molar-refractivity contribution is -0.384. The van der Waals surface area contributed by atoms with Crippen LogP contribution < -0.4 is 5.32 Å². The van der Waals surface area contributed by atoms with E-state index >= 15 is 0 Å². The van der Waals surface area contributed by atoms with Crippen LogP contribution in [0.2, 0.25) is 0 Å². The molecule has 0 saturated heterocycles. The Balaban J connectivity index is 2.67. The Labute approximate surface area is 104 Å². The second-order valence-corrected chi connectivity index (χ2v) is 3.90. The van der Waals surface area contributed by atoms with Gasteiger partial charge in [-0.25, -0.2) is 0 Å². The van der Waals surface area contributed by atoms with E-state index in [1.165, 1.54) is 18.5 Å². The molecule has 1 atom stereocenters. The first kappa shape index (κ1) is 13.9. The van der Waals surface area contributed by atoms with Gasteiger partial charge in [-0.1, -0.05) is 13.3 Å². The van der Waals surface area contributed by atoms with E-state index in [0.29, 0.717) is 18.7 Å². The van der Waals surface area contributed by atoms with Crippen LogP contribution in [0.15, 0.2) is 18.5 Å². The van der Waals surface area contributed by atoms with Crippen molar-refractivity contribution in [3.8, 4) is 0 Å². The maximum absolute atomic E-state index is 10.7. The number of aliphatic carboxylic acids is 1. The van der Waals surface area contributed by atoms with Gasteiger partial charge in [-0.05, 0) is 12.0 Å². The molecule has 98 valence electrons. The van der Waals surface area contributed by atoms with Crippen molar-refractivity contribution in [1.82, 2.24) is 4.98 Å². The number of hydrogen-bond donors (Lipinski definition) is 2. The lowest BCUT2D eigenvalue weighted by atomic mass is 10.0. The first-order chi connectivity index (χ1) is 8.54. The number of aromatic nitrogens is 1. The van der Waals surface area contributed by atoms with E-state index in [1.807, 2.05) is 6.92 Å². The Morgan fingerprint density at radius 2 is 2.39 bits per heavy atom. The van der Waals surface area contributed by atoms with Crippen LogP contribution in [0.4, 0.5) is 11.4 Å². The third-order valence-corrected chi connectivity index (χ3v) is 2.62. The Bertz CT molecular complexity index is 436. The molecule has 1 rings (SSSR count). The van der Waals surface area contributed by atoms with Gasteiger partial charge in [-0.3, -0.25) is 19.9 Å². The largest absolute Gasteiger partial charge is 0.481 e. The summed E-state index contributed by atoms with van der Waals surface area (Å²) in [5, 5.41) is 22.4. The monoisotopic (exact) mass is 253 g/mol. The average molecular weight is 253 g/mol. The number of carboxylic acids is 1. The molecule has 1 aromatic rings. The van der Waals surface area contributed by atoms with E-state index in [-0.39, 0.29) is 18.0 Å². The van der Waals surface area contributed by atoms with Crippen molar-refractivity contribution in [2.75, 3.05) is 11.9 Å². The predicted octanol–water partition coefficient (Wildman–Crippen LogP) is 1.90. The summed E-state index contributed by atoms with van der Waals surface area (Å²) in [6.07, 6.45) is 3.36. The maximum Gasteiger partial charge on any atom is 0.310 e. The van der Waals surface area contributed by atoms with Crippen molar-refractivity contribution in [3.63, 3.8) is 0 Å². The van der Waals surface area contributed by atoms with Gasteiger partial charge >= 0.3 is 11.7 Å².